The molecular weight excluding hydrogens is 209 g/mol. The van der Waals surface area contributed by atoms with Crippen molar-refractivity contribution in [1.82, 2.24) is 0 Å². The second kappa shape index (κ2) is 4.93. The van der Waals surface area contributed by atoms with Gasteiger partial charge in [-0.3, -0.25) is 4.79 Å². The molecule has 0 saturated carbocycles. The second-order valence-electron chi connectivity index (χ2n) is 2.61. The van der Waals surface area contributed by atoms with Crippen LogP contribution < -0.4 is 5.32 Å². The lowest BCUT2D eigenvalue weighted by atomic mass is 10.3. The molecule has 0 saturated heterocycles. The molecule has 0 aliphatic rings. The highest BCUT2D eigenvalue weighted by Crippen LogP contribution is 2.22. The Morgan fingerprint density at radius 1 is 1.64 bits per heavy atom. The highest BCUT2D eigenvalue weighted by molar-refractivity contribution is 6.33. The standard InChI is InChI=1S/C9H9ClFNO2/c1-14-5-9(13)12-8-3-2-6(11)4-7(8)10/h2-4H,5H2,1H3,(H,12,13). The number of halogens is 2. The molecule has 0 bridgehead atoms. The van der Waals surface area contributed by atoms with Crippen LogP contribution in [0.2, 0.25) is 5.02 Å². The van der Waals surface area contributed by atoms with Crippen LogP contribution in [0.25, 0.3) is 0 Å². The molecule has 0 aliphatic heterocycles. The number of hydrogen-bond acceptors (Lipinski definition) is 2. The summed E-state index contributed by atoms with van der Waals surface area (Å²) < 4.78 is 17.2. The summed E-state index contributed by atoms with van der Waals surface area (Å²) in [5, 5.41) is 2.64. The number of carbonyl (C=O) groups excluding carboxylic acids is 1. The molecule has 0 heterocycles. The molecule has 5 heteroatoms. The van der Waals surface area contributed by atoms with Gasteiger partial charge in [0.25, 0.3) is 0 Å². The maximum Gasteiger partial charge on any atom is 0.250 e. The predicted molar refractivity (Wildman–Crippen MR) is 51.9 cm³/mol. The average molecular weight is 218 g/mol. The van der Waals surface area contributed by atoms with Gasteiger partial charge in [-0.1, -0.05) is 11.6 Å². The summed E-state index contributed by atoms with van der Waals surface area (Å²) in [6.45, 7) is -0.0618. The largest absolute Gasteiger partial charge is 0.375 e. The molecular formula is C9H9ClFNO2. The van der Waals surface area contributed by atoms with Gasteiger partial charge in [0.05, 0.1) is 10.7 Å². The molecule has 14 heavy (non-hydrogen) atoms. The number of ether oxygens (including phenoxy) is 1. The maximum absolute atomic E-state index is 12.6. The van der Waals surface area contributed by atoms with Crippen LogP contribution in [0.3, 0.4) is 0 Å². The Morgan fingerprint density at radius 2 is 2.36 bits per heavy atom. The fourth-order valence-corrected chi connectivity index (χ4v) is 1.12. The molecule has 3 nitrogen and oxygen atoms in total. The Kier molecular flexibility index (Phi) is 3.85. The smallest absolute Gasteiger partial charge is 0.250 e. The van der Waals surface area contributed by atoms with Crippen molar-refractivity contribution in [2.24, 2.45) is 0 Å². The van der Waals surface area contributed by atoms with Crippen molar-refractivity contribution in [1.29, 1.82) is 0 Å². The van der Waals surface area contributed by atoms with E-state index in [1.807, 2.05) is 0 Å². The molecule has 0 radical (unpaired) electrons. The van der Waals surface area contributed by atoms with Gasteiger partial charge in [-0.2, -0.15) is 0 Å². The molecule has 76 valence electrons. The quantitative estimate of drug-likeness (QED) is 0.842. The fourth-order valence-electron chi connectivity index (χ4n) is 0.908. The Bertz CT molecular complexity index is 344. The van der Waals surface area contributed by atoms with Crippen molar-refractivity contribution in [3.05, 3.63) is 29.0 Å². The van der Waals surface area contributed by atoms with E-state index in [4.69, 9.17) is 11.6 Å². The van der Waals surface area contributed by atoms with Crippen LogP contribution in [0.15, 0.2) is 18.2 Å². The molecule has 0 aromatic heterocycles. The molecule has 0 fully saturated rings. The molecule has 1 rings (SSSR count). The zero-order chi connectivity index (χ0) is 10.6. The van der Waals surface area contributed by atoms with Crippen LogP contribution in [-0.4, -0.2) is 19.6 Å². The average Bonchev–Trinajstić information content (AvgIpc) is 2.10. The van der Waals surface area contributed by atoms with Crippen molar-refractivity contribution in [3.8, 4) is 0 Å². The minimum Gasteiger partial charge on any atom is -0.375 e. The van der Waals surface area contributed by atoms with Crippen LogP contribution in [0.4, 0.5) is 10.1 Å². The number of amides is 1. The SMILES string of the molecule is COCC(=O)Nc1ccc(F)cc1Cl. The maximum atomic E-state index is 12.6. The molecule has 1 aromatic rings. The summed E-state index contributed by atoms with van der Waals surface area (Å²) in [7, 11) is 1.41. The molecule has 0 unspecified atom stereocenters. The van der Waals surface area contributed by atoms with E-state index in [1.54, 1.807) is 0 Å². The lowest BCUT2D eigenvalue weighted by Crippen LogP contribution is -2.17. The number of nitrogens with one attached hydrogen (secondary N) is 1. The molecule has 0 spiro atoms. The minimum atomic E-state index is -0.445. The Balaban J connectivity index is 2.72. The number of methoxy groups -OCH3 is 1. The summed E-state index contributed by atoms with van der Waals surface area (Å²) in [5.74, 6) is -0.777. The number of anilines is 1. The van der Waals surface area contributed by atoms with Gasteiger partial charge in [0.2, 0.25) is 5.91 Å². The van der Waals surface area contributed by atoms with Gasteiger partial charge < -0.3 is 10.1 Å². The van der Waals surface area contributed by atoms with Crippen LogP contribution >= 0.6 is 11.6 Å². The van der Waals surface area contributed by atoms with Crippen LogP contribution in [0.1, 0.15) is 0 Å². The summed E-state index contributed by atoms with van der Waals surface area (Å²) in [5.41, 5.74) is 0.370. The zero-order valence-corrected chi connectivity index (χ0v) is 8.27. The molecule has 0 atom stereocenters. The van der Waals surface area contributed by atoms with Crippen LogP contribution in [-0.2, 0) is 9.53 Å². The Morgan fingerprint density at radius 3 is 2.93 bits per heavy atom. The summed E-state index contributed by atoms with van der Waals surface area (Å²) in [4.78, 5) is 11.1. The number of hydrogen-bond donors (Lipinski definition) is 1. The Hall–Kier alpha value is -1.13. The number of benzene rings is 1. The normalized spacial score (nSPS) is 9.93. The first-order valence-corrected chi connectivity index (χ1v) is 4.25. The van der Waals surface area contributed by atoms with E-state index in [1.165, 1.54) is 19.2 Å². The van der Waals surface area contributed by atoms with Crippen LogP contribution in [0.5, 0.6) is 0 Å². The third kappa shape index (κ3) is 2.97. The molecule has 1 N–H and O–H groups in total. The second-order valence-corrected chi connectivity index (χ2v) is 3.01. The summed E-state index contributed by atoms with van der Waals surface area (Å²) in [6, 6.07) is 3.74. The first kappa shape index (κ1) is 10.9. The lowest BCUT2D eigenvalue weighted by molar-refractivity contribution is -0.119. The van der Waals surface area contributed by atoms with Gasteiger partial charge in [0, 0.05) is 7.11 Å². The van der Waals surface area contributed by atoms with Crippen molar-refractivity contribution in [2.45, 2.75) is 0 Å². The monoisotopic (exact) mass is 217 g/mol. The van der Waals surface area contributed by atoms with Gasteiger partial charge in [-0.15, -0.1) is 0 Å². The number of rotatable bonds is 3. The van der Waals surface area contributed by atoms with E-state index >= 15 is 0 Å². The highest BCUT2D eigenvalue weighted by atomic mass is 35.5. The first-order valence-electron chi connectivity index (χ1n) is 3.87. The van der Waals surface area contributed by atoms with Gasteiger partial charge in [0.1, 0.15) is 12.4 Å². The van der Waals surface area contributed by atoms with Crippen molar-refractivity contribution >= 4 is 23.2 Å². The van der Waals surface area contributed by atoms with E-state index < -0.39 is 5.82 Å². The minimum absolute atomic E-state index is 0.0618. The molecule has 1 amide bonds. The molecule has 0 aliphatic carbocycles. The van der Waals surface area contributed by atoms with Crippen LogP contribution in [0, 0.1) is 5.82 Å². The third-order valence-corrected chi connectivity index (χ3v) is 1.79. The third-order valence-electron chi connectivity index (χ3n) is 1.48. The summed E-state index contributed by atoms with van der Waals surface area (Å²) >= 11 is 5.68. The van der Waals surface area contributed by atoms with Crippen molar-refractivity contribution in [3.63, 3.8) is 0 Å². The van der Waals surface area contributed by atoms with Gasteiger partial charge >= 0.3 is 0 Å². The number of carbonyl (C=O) groups is 1. The fraction of sp³-hybridized carbons (Fsp3) is 0.222. The van der Waals surface area contributed by atoms with Crippen molar-refractivity contribution in [2.75, 3.05) is 19.0 Å². The van der Waals surface area contributed by atoms with Gasteiger partial charge in [0.15, 0.2) is 0 Å². The predicted octanol–water partition coefficient (Wildman–Crippen LogP) is 2.06. The van der Waals surface area contributed by atoms with E-state index in [2.05, 4.69) is 10.1 Å². The van der Waals surface area contributed by atoms with Gasteiger partial charge in [-0.25, -0.2) is 4.39 Å². The highest BCUT2D eigenvalue weighted by Gasteiger charge is 2.05. The first-order chi connectivity index (χ1) is 6.63. The van der Waals surface area contributed by atoms with E-state index in [0.29, 0.717) is 5.69 Å². The van der Waals surface area contributed by atoms with E-state index in [0.717, 1.165) is 6.07 Å². The van der Waals surface area contributed by atoms with Gasteiger partial charge in [-0.05, 0) is 18.2 Å². The Labute approximate surface area is 85.8 Å². The lowest BCUT2D eigenvalue weighted by Gasteiger charge is -2.05. The summed E-state index contributed by atoms with van der Waals surface area (Å²) in [6.07, 6.45) is 0. The van der Waals surface area contributed by atoms with E-state index in [-0.39, 0.29) is 17.5 Å². The van der Waals surface area contributed by atoms with Crippen molar-refractivity contribution < 1.29 is 13.9 Å². The topological polar surface area (TPSA) is 38.3 Å². The zero-order valence-electron chi connectivity index (χ0n) is 7.51. The molecule has 1 aromatic carbocycles. The van der Waals surface area contributed by atoms with E-state index in [9.17, 15) is 9.18 Å².